The molecule has 1 saturated carbocycles. The molecule has 2 atom stereocenters. The van der Waals surface area contributed by atoms with E-state index in [-0.39, 0.29) is 6.10 Å². The summed E-state index contributed by atoms with van der Waals surface area (Å²) in [4.78, 5) is 4.31. The summed E-state index contributed by atoms with van der Waals surface area (Å²) in [6.45, 7) is 0.776. The van der Waals surface area contributed by atoms with Crippen molar-refractivity contribution in [1.82, 2.24) is 4.98 Å². The van der Waals surface area contributed by atoms with Crippen LogP contribution in [0, 0.1) is 5.92 Å². The van der Waals surface area contributed by atoms with Crippen molar-refractivity contribution in [3.63, 3.8) is 0 Å². The lowest BCUT2D eigenvalue weighted by atomic mass is 10.1. The van der Waals surface area contributed by atoms with Gasteiger partial charge in [-0.3, -0.25) is 0 Å². The molecule has 2 aromatic heterocycles. The third-order valence-corrected chi connectivity index (χ3v) is 3.53. The highest BCUT2D eigenvalue weighted by Crippen LogP contribution is 2.27. The van der Waals surface area contributed by atoms with Gasteiger partial charge in [0.2, 0.25) is 0 Å². The number of aliphatic hydroxyl groups excluding tert-OH is 1. The Balaban J connectivity index is 1.74. The first-order valence-electron chi connectivity index (χ1n) is 6.09. The summed E-state index contributed by atoms with van der Waals surface area (Å²) in [6.07, 6.45) is 6.38. The number of nitrogens with one attached hydrogen (secondary N) is 1. The first-order valence-corrected chi connectivity index (χ1v) is 6.09. The highest BCUT2D eigenvalue weighted by Gasteiger charge is 2.24. The number of aromatic nitrogens is 1. The molecule has 0 radical (unpaired) electrons. The van der Waals surface area contributed by atoms with Crippen LogP contribution in [0.15, 0.2) is 29.0 Å². The Morgan fingerprint density at radius 3 is 3.18 bits per heavy atom. The zero-order valence-electron chi connectivity index (χ0n) is 9.60. The van der Waals surface area contributed by atoms with Crippen molar-refractivity contribution < 1.29 is 9.52 Å². The number of aliphatic hydroxyl groups is 1. The van der Waals surface area contributed by atoms with E-state index in [1.165, 1.54) is 0 Å². The fourth-order valence-corrected chi connectivity index (χ4v) is 2.52. The van der Waals surface area contributed by atoms with Crippen LogP contribution >= 0.6 is 0 Å². The normalized spacial score (nSPS) is 24.3. The van der Waals surface area contributed by atoms with Gasteiger partial charge in [-0.1, -0.05) is 6.42 Å². The molecule has 4 nitrogen and oxygen atoms in total. The van der Waals surface area contributed by atoms with Crippen LogP contribution in [0.3, 0.4) is 0 Å². The summed E-state index contributed by atoms with van der Waals surface area (Å²) >= 11 is 0. The predicted octanol–water partition coefficient (Wildman–Crippen LogP) is 2.40. The van der Waals surface area contributed by atoms with E-state index in [4.69, 9.17) is 4.42 Å². The van der Waals surface area contributed by atoms with Gasteiger partial charge in [0.1, 0.15) is 11.4 Å². The number of pyridine rings is 1. The Morgan fingerprint density at radius 2 is 2.35 bits per heavy atom. The van der Waals surface area contributed by atoms with Crippen LogP contribution in [0.4, 0.5) is 5.82 Å². The van der Waals surface area contributed by atoms with Gasteiger partial charge in [0.25, 0.3) is 0 Å². The van der Waals surface area contributed by atoms with E-state index in [1.54, 1.807) is 12.5 Å². The molecule has 1 aliphatic rings. The Kier molecular flexibility index (Phi) is 2.73. The molecule has 1 aliphatic carbocycles. The largest absolute Gasteiger partial charge is 0.464 e. The SMILES string of the molecule is OC1CCCC1CNc1nccc2occc12. The maximum absolute atomic E-state index is 9.76. The molecule has 0 aromatic carbocycles. The van der Waals surface area contributed by atoms with Crippen molar-refractivity contribution >= 4 is 16.8 Å². The minimum atomic E-state index is -0.161. The summed E-state index contributed by atoms with van der Waals surface area (Å²) in [7, 11) is 0. The van der Waals surface area contributed by atoms with Crippen LogP contribution < -0.4 is 5.32 Å². The molecule has 0 amide bonds. The number of furan rings is 1. The van der Waals surface area contributed by atoms with Gasteiger partial charge < -0.3 is 14.8 Å². The van der Waals surface area contributed by atoms with Gasteiger partial charge in [-0.25, -0.2) is 4.98 Å². The molecule has 0 bridgehead atoms. The van der Waals surface area contributed by atoms with Gasteiger partial charge >= 0.3 is 0 Å². The molecule has 2 heterocycles. The van der Waals surface area contributed by atoms with E-state index < -0.39 is 0 Å². The average Bonchev–Trinajstić information content (AvgIpc) is 2.95. The van der Waals surface area contributed by atoms with Crippen molar-refractivity contribution in [3.8, 4) is 0 Å². The number of rotatable bonds is 3. The Hall–Kier alpha value is -1.55. The molecule has 2 aromatic rings. The van der Waals surface area contributed by atoms with Gasteiger partial charge in [0.05, 0.1) is 17.8 Å². The van der Waals surface area contributed by atoms with Crippen LogP contribution in [-0.2, 0) is 0 Å². The lowest BCUT2D eigenvalue weighted by molar-refractivity contribution is 0.138. The quantitative estimate of drug-likeness (QED) is 0.853. The average molecular weight is 232 g/mol. The summed E-state index contributed by atoms with van der Waals surface area (Å²) in [6, 6.07) is 3.76. The first kappa shape index (κ1) is 10.6. The Labute approximate surface area is 99.7 Å². The molecule has 3 rings (SSSR count). The molecule has 1 fully saturated rings. The lowest BCUT2D eigenvalue weighted by Gasteiger charge is -2.15. The molecule has 0 aliphatic heterocycles. The monoisotopic (exact) mass is 232 g/mol. The molecule has 0 saturated heterocycles. The summed E-state index contributed by atoms with van der Waals surface area (Å²) in [5.41, 5.74) is 0.842. The maximum Gasteiger partial charge on any atom is 0.139 e. The third-order valence-electron chi connectivity index (χ3n) is 3.53. The maximum atomic E-state index is 9.76. The zero-order chi connectivity index (χ0) is 11.7. The highest BCUT2D eigenvalue weighted by atomic mass is 16.3. The van der Waals surface area contributed by atoms with Crippen molar-refractivity contribution in [3.05, 3.63) is 24.6 Å². The molecular weight excluding hydrogens is 216 g/mol. The summed E-state index contributed by atoms with van der Waals surface area (Å²) < 4.78 is 5.32. The second kappa shape index (κ2) is 4.37. The molecule has 2 N–H and O–H groups in total. The number of anilines is 1. The number of nitrogens with zero attached hydrogens (tertiary/aromatic N) is 1. The van der Waals surface area contributed by atoms with Crippen LogP contribution in [0.5, 0.6) is 0 Å². The summed E-state index contributed by atoms with van der Waals surface area (Å²) in [5.74, 6) is 1.19. The zero-order valence-corrected chi connectivity index (χ0v) is 9.60. The molecule has 2 unspecified atom stereocenters. The van der Waals surface area contributed by atoms with Gasteiger partial charge in [0, 0.05) is 18.7 Å². The van der Waals surface area contributed by atoms with Crippen molar-refractivity contribution in [2.45, 2.75) is 25.4 Å². The minimum absolute atomic E-state index is 0.161. The summed E-state index contributed by atoms with van der Waals surface area (Å²) in [5, 5.41) is 14.1. The lowest BCUT2D eigenvalue weighted by Crippen LogP contribution is -2.22. The number of fused-ring (bicyclic) bond motifs is 1. The molecule has 4 heteroatoms. The van der Waals surface area contributed by atoms with E-state index in [2.05, 4.69) is 10.3 Å². The Bertz CT molecular complexity index is 509. The van der Waals surface area contributed by atoms with Gasteiger partial charge in [-0.15, -0.1) is 0 Å². The second-order valence-electron chi connectivity index (χ2n) is 4.63. The number of hydrogen-bond acceptors (Lipinski definition) is 4. The molecule has 17 heavy (non-hydrogen) atoms. The highest BCUT2D eigenvalue weighted by molar-refractivity contribution is 5.87. The third kappa shape index (κ3) is 2.00. The Morgan fingerprint density at radius 1 is 1.41 bits per heavy atom. The van der Waals surface area contributed by atoms with Gasteiger partial charge in [0.15, 0.2) is 0 Å². The molecular formula is C13H16N2O2. The van der Waals surface area contributed by atoms with Crippen molar-refractivity contribution in [2.75, 3.05) is 11.9 Å². The molecule has 90 valence electrons. The smallest absolute Gasteiger partial charge is 0.139 e. The van der Waals surface area contributed by atoms with Crippen molar-refractivity contribution in [1.29, 1.82) is 0 Å². The predicted molar refractivity (Wildman–Crippen MR) is 65.8 cm³/mol. The fourth-order valence-electron chi connectivity index (χ4n) is 2.52. The minimum Gasteiger partial charge on any atom is -0.464 e. The van der Waals surface area contributed by atoms with Crippen LogP contribution in [0.2, 0.25) is 0 Å². The van der Waals surface area contributed by atoms with E-state index in [9.17, 15) is 5.11 Å². The topological polar surface area (TPSA) is 58.3 Å². The van der Waals surface area contributed by atoms with Gasteiger partial charge in [-0.05, 0) is 25.0 Å². The fraction of sp³-hybridized carbons (Fsp3) is 0.462. The van der Waals surface area contributed by atoms with Crippen LogP contribution in [0.25, 0.3) is 11.0 Å². The van der Waals surface area contributed by atoms with E-state index in [0.717, 1.165) is 42.6 Å². The van der Waals surface area contributed by atoms with Crippen molar-refractivity contribution in [2.24, 2.45) is 5.92 Å². The van der Waals surface area contributed by atoms with E-state index >= 15 is 0 Å². The first-order chi connectivity index (χ1) is 8.34. The number of hydrogen-bond donors (Lipinski definition) is 2. The standard InChI is InChI=1S/C13H16N2O2/c16-11-3-1-2-9(11)8-15-13-10-5-7-17-12(10)4-6-14-13/h4-7,9,11,16H,1-3,8H2,(H,14,15). The van der Waals surface area contributed by atoms with E-state index in [0.29, 0.717) is 5.92 Å². The second-order valence-corrected chi connectivity index (χ2v) is 4.63. The van der Waals surface area contributed by atoms with Gasteiger partial charge in [-0.2, -0.15) is 0 Å². The van der Waals surface area contributed by atoms with Crippen LogP contribution in [-0.4, -0.2) is 22.7 Å². The van der Waals surface area contributed by atoms with E-state index in [1.807, 2.05) is 12.1 Å². The molecule has 0 spiro atoms. The van der Waals surface area contributed by atoms with Crippen LogP contribution in [0.1, 0.15) is 19.3 Å².